The number of aliphatic hydroxyl groups is 2. The Morgan fingerprint density at radius 3 is 1.30 bits per heavy atom. The zero-order valence-corrected chi connectivity index (χ0v) is 29.3. The first-order valence-corrected chi connectivity index (χ1v) is 16.9. The first kappa shape index (κ1) is 38.2. The van der Waals surface area contributed by atoms with Crippen molar-refractivity contribution in [2.45, 2.75) is 95.8 Å². The summed E-state index contributed by atoms with van der Waals surface area (Å²) < 4.78 is 43.1. The van der Waals surface area contributed by atoms with Crippen LogP contribution in [0.2, 0.25) is 0 Å². The highest BCUT2D eigenvalue weighted by Gasteiger charge is 2.56. The molecule has 16 heteroatoms. The third-order valence-electron chi connectivity index (χ3n) is 9.07. The van der Waals surface area contributed by atoms with Crippen LogP contribution < -0.4 is 0 Å². The lowest BCUT2D eigenvalue weighted by molar-refractivity contribution is -0.297. The second-order valence-electron chi connectivity index (χ2n) is 12.6. The Labute approximate surface area is 303 Å². The van der Waals surface area contributed by atoms with Gasteiger partial charge in [0, 0.05) is 51.9 Å². The van der Waals surface area contributed by atoms with Crippen LogP contribution in [0.4, 0.5) is 0 Å². The number of rotatable bonds is 9. The Morgan fingerprint density at radius 2 is 0.887 bits per heavy atom. The van der Waals surface area contributed by atoms with Crippen molar-refractivity contribution in [1.29, 1.82) is 0 Å². The molecule has 0 aromatic rings. The van der Waals surface area contributed by atoms with Gasteiger partial charge in [0.1, 0.15) is 22.3 Å². The van der Waals surface area contributed by atoms with Crippen LogP contribution in [0.3, 0.4) is 0 Å². The summed E-state index contributed by atoms with van der Waals surface area (Å²) >= 11 is 0. The van der Waals surface area contributed by atoms with Crippen molar-refractivity contribution in [3.8, 4) is 0 Å². The van der Waals surface area contributed by atoms with Gasteiger partial charge in [0.2, 0.25) is 0 Å². The highest BCUT2D eigenvalue weighted by atomic mass is 16.8. The van der Waals surface area contributed by atoms with E-state index in [-0.39, 0.29) is 42.4 Å². The fourth-order valence-corrected chi connectivity index (χ4v) is 5.68. The molecule has 0 amide bonds. The van der Waals surface area contributed by atoms with Crippen LogP contribution in [0.25, 0.3) is 0 Å². The molecule has 16 nitrogen and oxygen atoms in total. The van der Waals surface area contributed by atoms with Gasteiger partial charge in [-0.15, -0.1) is 0 Å². The van der Waals surface area contributed by atoms with Crippen LogP contribution in [-0.2, 0) is 66.7 Å². The summed E-state index contributed by atoms with van der Waals surface area (Å²) in [5, 5.41) is 20.6. The van der Waals surface area contributed by atoms with Gasteiger partial charge in [-0.2, -0.15) is 0 Å². The Morgan fingerprint density at radius 1 is 0.491 bits per heavy atom. The average molecular weight is 739 g/mol. The number of ether oxygens (including phenoxy) is 8. The summed E-state index contributed by atoms with van der Waals surface area (Å²) in [4.78, 5) is 75.3. The molecule has 5 aliphatic rings. The van der Waals surface area contributed by atoms with Crippen molar-refractivity contribution in [1.82, 2.24) is 0 Å². The molecular formula is C37H38O16. The Bertz CT molecular complexity index is 1790. The number of cyclic esters (lactones) is 3. The fraction of sp³-hybridized carbons (Fsp3) is 0.405. The highest BCUT2D eigenvalue weighted by molar-refractivity contribution is 6.16. The first-order valence-electron chi connectivity index (χ1n) is 16.9. The van der Waals surface area contributed by atoms with E-state index >= 15 is 0 Å². The minimum Gasteiger partial charge on any atom is -0.480 e. The van der Waals surface area contributed by atoms with Gasteiger partial charge in [0.15, 0.2) is 0 Å². The van der Waals surface area contributed by atoms with Gasteiger partial charge in [-0.05, 0) is 24.3 Å². The van der Waals surface area contributed by atoms with Gasteiger partial charge in [0.05, 0.1) is 0 Å². The van der Waals surface area contributed by atoms with Crippen LogP contribution in [0, 0.1) is 0 Å². The third-order valence-corrected chi connectivity index (χ3v) is 9.07. The Kier molecular flexibility index (Phi) is 10.7. The van der Waals surface area contributed by atoms with Gasteiger partial charge in [-0.25, -0.2) is 28.8 Å². The lowest BCUT2D eigenvalue weighted by atomic mass is 9.87. The monoisotopic (exact) mass is 738 g/mol. The number of hydrogen-bond acceptors (Lipinski definition) is 16. The maximum atomic E-state index is 12.9. The molecule has 1 aliphatic carbocycles. The summed E-state index contributed by atoms with van der Waals surface area (Å²) in [6.45, 7) is 6.69. The third kappa shape index (κ3) is 8.05. The molecule has 2 N–H and O–H groups in total. The van der Waals surface area contributed by atoms with E-state index in [2.05, 4.69) is 0 Å². The van der Waals surface area contributed by atoms with E-state index in [1.165, 1.54) is 61.6 Å². The fourth-order valence-electron chi connectivity index (χ4n) is 5.68. The zero-order valence-electron chi connectivity index (χ0n) is 29.3. The molecule has 3 fully saturated rings. The van der Waals surface area contributed by atoms with Crippen LogP contribution in [-0.4, -0.2) is 69.2 Å². The predicted octanol–water partition coefficient (Wildman–Crippen LogP) is 4.56. The first-order chi connectivity index (χ1) is 25.1. The zero-order chi connectivity index (χ0) is 38.6. The number of hydrogen-bond donors (Lipinski definition) is 2. The van der Waals surface area contributed by atoms with Crippen LogP contribution in [0.15, 0.2) is 94.9 Å². The Hall–Kier alpha value is -6.06. The summed E-state index contributed by atoms with van der Waals surface area (Å²) in [6.07, 6.45) is 13.4. The van der Waals surface area contributed by atoms with Crippen molar-refractivity contribution in [2.24, 2.45) is 0 Å². The number of esters is 6. The molecule has 0 aromatic carbocycles. The van der Waals surface area contributed by atoms with E-state index in [0.29, 0.717) is 19.3 Å². The minimum atomic E-state index is -1.65. The predicted molar refractivity (Wildman–Crippen MR) is 177 cm³/mol. The maximum absolute atomic E-state index is 12.9. The molecule has 1 saturated carbocycles. The molecule has 1 unspecified atom stereocenters. The summed E-state index contributed by atoms with van der Waals surface area (Å²) in [6, 6.07) is 0. The number of allylic oxidation sites excluding steroid dienone is 8. The SMILES string of the molecule is CCC1(C)OC(=O)C(/C=C/C=C/C=C2C(=O)OC3(CCC4(CC3)OC(=O)C(/C=C/C=C/C=C3C(=O)OC(CC)(CC)OC3=O)=C(O)O4)OC2=O)=C(O)O1. The average Bonchev–Trinajstić information content (AvgIpc) is 3.10. The van der Waals surface area contributed by atoms with Crippen molar-refractivity contribution in [3.63, 3.8) is 0 Å². The summed E-state index contributed by atoms with van der Waals surface area (Å²) in [5.74, 6) is -12.4. The van der Waals surface area contributed by atoms with Crippen LogP contribution in [0.1, 0.15) is 72.6 Å². The topological polar surface area (TPSA) is 217 Å². The molecule has 2 spiro atoms. The summed E-state index contributed by atoms with van der Waals surface area (Å²) in [5.41, 5.74) is -1.25. The van der Waals surface area contributed by atoms with Crippen LogP contribution >= 0.6 is 0 Å². The van der Waals surface area contributed by atoms with Gasteiger partial charge in [0.25, 0.3) is 35.0 Å². The van der Waals surface area contributed by atoms with E-state index in [4.69, 9.17) is 37.9 Å². The normalized spacial score (nSPS) is 27.2. The van der Waals surface area contributed by atoms with E-state index in [9.17, 15) is 39.0 Å². The molecule has 0 aromatic heterocycles. The molecule has 1 atom stereocenters. The number of aliphatic hydroxyl groups excluding tert-OH is 2. The lowest BCUT2D eigenvalue weighted by Crippen LogP contribution is -2.54. The molecule has 0 bridgehead atoms. The summed E-state index contributed by atoms with van der Waals surface area (Å²) in [7, 11) is 0. The Balaban J connectivity index is 1.15. The van der Waals surface area contributed by atoms with Crippen molar-refractivity contribution < 1.29 is 76.9 Å². The van der Waals surface area contributed by atoms with E-state index in [0.717, 1.165) is 6.08 Å². The quantitative estimate of drug-likeness (QED) is 0.109. The second kappa shape index (κ2) is 14.9. The molecule has 2 saturated heterocycles. The largest absolute Gasteiger partial charge is 0.480 e. The number of carbonyl (C=O) groups excluding carboxylic acids is 6. The number of carbonyl (C=O) groups is 6. The molecule has 4 aliphatic heterocycles. The molecule has 53 heavy (non-hydrogen) atoms. The van der Waals surface area contributed by atoms with Crippen molar-refractivity contribution in [2.75, 3.05) is 0 Å². The minimum absolute atomic E-state index is 0.104. The molecule has 5 rings (SSSR count). The molecule has 282 valence electrons. The van der Waals surface area contributed by atoms with Gasteiger partial charge >= 0.3 is 35.8 Å². The van der Waals surface area contributed by atoms with Crippen LogP contribution in [0.5, 0.6) is 0 Å². The maximum Gasteiger partial charge on any atom is 0.348 e. The molecule has 0 radical (unpaired) electrons. The molecule has 4 heterocycles. The van der Waals surface area contributed by atoms with E-state index in [1.807, 2.05) is 0 Å². The van der Waals surface area contributed by atoms with Gasteiger partial charge in [-0.3, -0.25) is 0 Å². The molecular weight excluding hydrogens is 700 g/mol. The van der Waals surface area contributed by atoms with Gasteiger partial charge in [-0.1, -0.05) is 57.2 Å². The van der Waals surface area contributed by atoms with Gasteiger partial charge < -0.3 is 48.1 Å². The van der Waals surface area contributed by atoms with Crippen molar-refractivity contribution >= 4 is 35.8 Å². The van der Waals surface area contributed by atoms with E-state index < -0.39 is 76.4 Å². The van der Waals surface area contributed by atoms with Crippen molar-refractivity contribution in [3.05, 3.63) is 94.9 Å². The highest BCUT2D eigenvalue weighted by Crippen LogP contribution is 2.46. The smallest absolute Gasteiger partial charge is 0.348 e. The standard InChI is InChI=1S/C37H38O16/c1-5-34(4)46-26(38)22(27(39)47-34)14-10-8-12-16-24-30(42)50-36(51-31(24)43)18-20-37(21-19-36)52-32(44)25(33(45)53-37)17-13-9-11-15-23-28(40)48-35(6-2,7-3)49-29(23)41/h8-17,38,44H,5-7,18-21H2,1-4H3/b11-9+,12-8+,14-10+,17-13+,24-16?. The lowest BCUT2D eigenvalue weighted by Gasteiger charge is -2.46. The second-order valence-corrected chi connectivity index (χ2v) is 12.6. The van der Waals surface area contributed by atoms with E-state index in [1.54, 1.807) is 20.8 Å².